The Balaban J connectivity index is 1.29. The van der Waals surface area contributed by atoms with Crippen LogP contribution in [0.2, 0.25) is 0 Å². The number of nitrogens with zero attached hydrogens (tertiary/aromatic N) is 3. The van der Waals surface area contributed by atoms with Crippen molar-refractivity contribution in [3.05, 3.63) is 60.2 Å². The molecule has 132 valence electrons. The second-order valence-corrected chi connectivity index (χ2v) is 6.11. The summed E-state index contributed by atoms with van der Waals surface area (Å²) in [5.41, 5.74) is 1.86. The lowest BCUT2D eigenvalue weighted by atomic mass is 9.96. The number of pyridine rings is 1. The number of amides is 1. The number of benzene rings is 1. The second-order valence-electron chi connectivity index (χ2n) is 6.11. The molecule has 2 aromatic heterocycles. The smallest absolute Gasteiger partial charge is 0.228 e. The van der Waals surface area contributed by atoms with Crippen molar-refractivity contribution in [3.8, 4) is 17.1 Å². The highest BCUT2D eigenvalue weighted by atomic mass is 16.5. The molecule has 0 spiro atoms. The first-order chi connectivity index (χ1) is 12.8. The Bertz CT molecular complexity index is 895. The Morgan fingerprint density at radius 3 is 3.04 bits per heavy atom. The molecule has 0 bridgehead atoms. The molecule has 1 unspecified atom stereocenters. The van der Waals surface area contributed by atoms with Crippen LogP contribution in [-0.4, -0.2) is 34.2 Å². The topological polar surface area (TPSA) is 90.1 Å². The van der Waals surface area contributed by atoms with Gasteiger partial charge in [-0.25, -0.2) is 0 Å². The molecule has 0 saturated carbocycles. The molecule has 3 heterocycles. The van der Waals surface area contributed by atoms with Gasteiger partial charge in [0, 0.05) is 30.9 Å². The third-order valence-corrected chi connectivity index (χ3v) is 4.28. The lowest BCUT2D eigenvalue weighted by molar-refractivity contribution is -0.126. The number of hydrogen-bond acceptors (Lipinski definition) is 6. The van der Waals surface area contributed by atoms with Crippen LogP contribution in [0.1, 0.15) is 11.5 Å². The maximum absolute atomic E-state index is 12.4. The summed E-state index contributed by atoms with van der Waals surface area (Å²) in [6.45, 7) is 0.834. The number of ether oxygens (including phenoxy) is 1. The fourth-order valence-corrected chi connectivity index (χ4v) is 2.90. The minimum absolute atomic E-state index is 0.0218. The van der Waals surface area contributed by atoms with Gasteiger partial charge in [0.15, 0.2) is 0 Å². The number of carbonyl (C=O) groups excluding carboxylic acids is 1. The van der Waals surface area contributed by atoms with E-state index in [9.17, 15) is 4.79 Å². The van der Waals surface area contributed by atoms with Gasteiger partial charge < -0.3 is 14.6 Å². The van der Waals surface area contributed by atoms with Crippen LogP contribution >= 0.6 is 0 Å². The Labute approximate surface area is 150 Å². The van der Waals surface area contributed by atoms with E-state index in [0.717, 1.165) is 16.9 Å². The SMILES string of the molecule is O=C(NCCc1nc(-c2cccnc2)no1)C1COc2ccccc2C1. The van der Waals surface area contributed by atoms with Crippen LogP contribution in [0.4, 0.5) is 0 Å². The maximum atomic E-state index is 12.4. The zero-order chi connectivity index (χ0) is 17.8. The number of rotatable bonds is 5. The predicted octanol–water partition coefficient (Wildman–Crippen LogP) is 2.04. The zero-order valence-corrected chi connectivity index (χ0v) is 14.1. The van der Waals surface area contributed by atoms with E-state index in [1.54, 1.807) is 12.4 Å². The molecule has 7 heteroatoms. The van der Waals surface area contributed by atoms with E-state index in [-0.39, 0.29) is 11.8 Å². The number of aromatic nitrogens is 3. The first-order valence-corrected chi connectivity index (χ1v) is 8.51. The van der Waals surface area contributed by atoms with Crippen molar-refractivity contribution in [1.82, 2.24) is 20.4 Å². The van der Waals surface area contributed by atoms with Crippen LogP contribution in [0.3, 0.4) is 0 Å². The maximum Gasteiger partial charge on any atom is 0.228 e. The molecule has 1 aromatic carbocycles. The summed E-state index contributed by atoms with van der Waals surface area (Å²) in [6, 6.07) is 11.5. The zero-order valence-electron chi connectivity index (χ0n) is 14.1. The van der Waals surface area contributed by atoms with Gasteiger partial charge in [-0.2, -0.15) is 4.98 Å². The molecule has 1 amide bonds. The summed E-state index contributed by atoms with van der Waals surface area (Å²) < 4.78 is 10.9. The van der Waals surface area contributed by atoms with Crippen molar-refractivity contribution in [1.29, 1.82) is 0 Å². The summed E-state index contributed by atoms with van der Waals surface area (Å²) >= 11 is 0. The van der Waals surface area contributed by atoms with E-state index in [0.29, 0.717) is 37.7 Å². The second kappa shape index (κ2) is 7.35. The number of fused-ring (bicyclic) bond motifs is 1. The van der Waals surface area contributed by atoms with E-state index in [4.69, 9.17) is 9.26 Å². The van der Waals surface area contributed by atoms with E-state index in [2.05, 4.69) is 20.4 Å². The number of nitrogens with one attached hydrogen (secondary N) is 1. The largest absolute Gasteiger partial charge is 0.492 e. The van der Waals surface area contributed by atoms with Gasteiger partial charge >= 0.3 is 0 Å². The van der Waals surface area contributed by atoms with E-state index in [1.165, 1.54) is 0 Å². The van der Waals surface area contributed by atoms with E-state index >= 15 is 0 Å². The van der Waals surface area contributed by atoms with Gasteiger partial charge in [-0.3, -0.25) is 9.78 Å². The number of carbonyl (C=O) groups is 1. The standard InChI is InChI=1S/C19H18N4O3/c24-19(15-10-13-4-1-2-6-16(13)25-12-15)21-9-7-17-22-18(23-26-17)14-5-3-8-20-11-14/h1-6,8,11,15H,7,9-10,12H2,(H,21,24). The van der Waals surface area contributed by atoms with Crippen molar-refractivity contribution in [2.45, 2.75) is 12.8 Å². The summed E-state index contributed by atoms with van der Waals surface area (Å²) in [6.07, 6.45) is 4.53. The van der Waals surface area contributed by atoms with Crippen LogP contribution in [-0.2, 0) is 17.6 Å². The Morgan fingerprint density at radius 2 is 2.15 bits per heavy atom. The van der Waals surface area contributed by atoms with Crippen molar-refractivity contribution >= 4 is 5.91 Å². The van der Waals surface area contributed by atoms with Crippen LogP contribution < -0.4 is 10.1 Å². The Kier molecular flexibility index (Phi) is 4.59. The van der Waals surface area contributed by atoms with Crippen LogP contribution in [0, 0.1) is 5.92 Å². The monoisotopic (exact) mass is 350 g/mol. The first kappa shape index (κ1) is 16.3. The lowest BCUT2D eigenvalue weighted by Gasteiger charge is -2.24. The summed E-state index contributed by atoms with van der Waals surface area (Å²) in [5.74, 6) is 1.64. The predicted molar refractivity (Wildman–Crippen MR) is 93.4 cm³/mol. The fraction of sp³-hybridized carbons (Fsp3) is 0.263. The van der Waals surface area contributed by atoms with Gasteiger partial charge in [-0.1, -0.05) is 23.4 Å². The van der Waals surface area contributed by atoms with Gasteiger partial charge in [0.2, 0.25) is 17.6 Å². The molecular formula is C19H18N4O3. The molecule has 0 saturated heterocycles. The quantitative estimate of drug-likeness (QED) is 0.757. The molecule has 3 aromatic rings. The highest BCUT2D eigenvalue weighted by Gasteiger charge is 2.25. The molecule has 7 nitrogen and oxygen atoms in total. The van der Waals surface area contributed by atoms with Gasteiger partial charge in [-0.15, -0.1) is 0 Å². The normalized spacial score (nSPS) is 15.8. The highest BCUT2D eigenvalue weighted by Crippen LogP contribution is 2.26. The van der Waals surface area contributed by atoms with Crippen molar-refractivity contribution < 1.29 is 14.1 Å². The van der Waals surface area contributed by atoms with Crippen LogP contribution in [0.25, 0.3) is 11.4 Å². The third kappa shape index (κ3) is 3.56. The van der Waals surface area contributed by atoms with Crippen molar-refractivity contribution in [3.63, 3.8) is 0 Å². The average Bonchev–Trinajstić information content (AvgIpc) is 3.17. The summed E-state index contributed by atoms with van der Waals surface area (Å²) in [5, 5.41) is 6.86. The molecule has 1 aliphatic rings. The Morgan fingerprint density at radius 1 is 1.23 bits per heavy atom. The highest BCUT2D eigenvalue weighted by molar-refractivity contribution is 5.79. The molecule has 1 aliphatic heterocycles. The molecule has 1 atom stereocenters. The lowest BCUT2D eigenvalue weighted by Crippen LogP contribution is -2.38. The van der Waals surface area contributed by atoms with Gasteiger partial charge in [0.25, 0.3) is 0 Å². The van der Waals surface area contributed by atoms with Gasteiger partial charge in [-0.05, 0) is 30.2 Å². The summed E-state index contributed by atoms with van der Waals surface area (Å²) in [7, 11) is 0. The van der Waals surface area contributed by atoms with E-state index < -0.39 is 0 Å². The fourth-order valence-electron chi connectivity index (χ4n) is 2.90. The third-order valence-electron chi connectivity index (χ3n) is 4.28. The molecule has 0 radical (unpaired) electrons. The van der Waals surface area contributed by atoms with Gasteiger partial charge in [0.1, 0.15) is 12.4 Å². The van der Waals surface area contributed by atoms with E-state index in [1.807, 2.05) is 36.4 Å². The van der Waals surface area contributed by atoms with Gasteiger partial charge in [0.05, 0.1) is 5.92 Å². The van der Waals surface area contributed by atoms with Crippen LogP contribution in [0.15, 0.2) is 53.3 Å². The van der Waals surface area contributed by atoms with Crippen LogP contribution in [0.5, 0.6) is 5.75 Å². The molecular weight excluding hydrogens is 332 g/mol. The van der Waals surface area contributed by atoms with Crippen molar-refractivity contribution in [2.75, 3.05) is 13.2 Å². The minimum Gasteiger partial charge on any atom is -0.492 e. The number of hydrogen-bond donors (Lipinski definition) is 1. The molecule has 26 heavy (non-hydrogen) atoms. The Hall–Kier alpha value is -3.22. The van der Waals surface area contributed by atoms with Crippen molar-refractivity contribution in [2.24, 2.45) is 5.92 Å². The molecule has 1 N–H and O–H groups in total. The minimum atomic E-state index is -0.182. The molecule has 0 aliphatic carbocycles. The summed E-state index contributed by atoms with van der Waals surface area (Å²) in [4.78, 5) is 20.7. The molecule has 0 fully saturated rings. The number of para-hydroxylation sites is 1. The molecule has 4 rings (SSSR count). The average molecular weight is 350 g/mol. The first-order valence-electron chi connectivity index (χ1n) is 8.51.